The maximum Gasteiger partial charge on any atom is 0.313 e. The van der Waals surface area contributed by atoms with Gasteiger partial charge in [0, 0.05) is 17.0 Å². The second kappa shape index (κ2) is 5.77. The summed E-state index contributed by atoms with van der Waals surface area (Å²) in [6, 6.07) is -0.0862. The highest BCUT2D eigenvalue weighted by atomic mass is 32.2. The molecule has 0 radical (unpaired) electrons. The van der Waals surface area contributed by atoms with Crippen LogP contribution in [0.1, 0.15) is 29.4 Å². The van der Waals surface area contributed by atoms with Gasteiger partial charge in [0.15, 0.2) is 9.84 Å². The first kappa shape index (κ1) is 15.4. The number of sulfone groups is 1. The molecule has 0 spiro atoms. The Labute approximate surface area is 122 Å². The summed E-state index contributed by atoms with van der Waals surface area (Å²) >= 11 is 1.33. The van der Waals surface area contributed by atoms with Crippen molar-refractivity contribution in [1.29, 1.82) is 0 Å². The van der Waals surface area contributed by atoms with E-state index in [2.05, 4.69) is 5.10 Å². The van der Waals surface area contributed by atoms with E-state index in [1.807, 2.05) is 13.8 Å². The van der Waals surface area contributed by atoms with E-state index in [0.717, 1.165) is 17.0 Å². The lowest BCUT2D eigenvalue weighted by atomic mass is 10.2. The Bertz CT molecular complexity index is 622. The lowest BCUT2D eigenvalue weighted by Crippen LogP contribution is -2.14. The van der Waals surface area contributed by atoms with Crippen LogP contribution in [0.3, 0.4) is 0 Å². The smallest absolute Gasteiger partial charge is 0.313 e. The molecule has 1 aromatic rings. The predicted molar refractivity (Wildman–Crippen MR) is 77.8 cm³/mol. The highest BCUT2D eigenvalue weighted by molar-refractivity contribution is 7.99. The summed E-state index contributed by atoms with van der Waals surface area (Å²) in [5, 5.41) is 13.1. The topological polar surface area (TPSA) is 89.3 Å². The summed E-state index contributed by atoms with van der Waals surface area (Å²) < 4.78 is 24.9. The zero-order valence-electron chi connectivity index (χ0n) is 11.5. The number of aliphatic carboxylic acids is 1. The molecule has 1 fully saturated rings. The molecule has 2 rings (SSSR count). The SMILES string of the molecule is Cc1nn(C2CCS(=O)(=O)C2)c(C)c1CSCC(=O)O. The number of thioether (sulfide) groups is 1. The first-order chi connectivity index (χ1) is 9.30. The zero-order chi connectivity index (χ0) is 14.9. The fraction of sp³-hybridized carbons (Fsp3) is 0.667. The van der Waals surface area contributed by atoms with E-state index in [-0.39, 0.29) is 23.3 Å². The Morgan fingerprint density at radius 2 is 2.20 bits per heavy atom. The van der Waals surface area contributed by atoms with E-state index in [0.29, 0.717) is 12.2 Å². The third-order valence-electron chi connectivity index (χ3n) is 3.50. The van der Waals surface area contributed by atoms with Gasteiger partial charge in [0.2, 0.25) is 0 Å². The number of hydrogen-bond acceptors (Lipinski definition) is 5. The molecule has 6 nitrogen and oxygen atoms in total. The number of carbonyl (C=O) groups is 1. The molecule has 0 saturated carbocycles. The van der Waals surface area contributed by atoms with E-state index < -0.39 is 15.8 Å². The average molecular weight is 318 g/mol. The molecule has 0 amide bonds. The van der Waals surface area contributed by atoms with Gasteiger partial charge in [0.25, 0.3) is 0 Å². The molecule has 0 aromatic carbocycles. The van der Waals surface area contributed by atoms with Gasteiger partial charge in [0.1, 0.15) is 0 Å². The van der Waals surface area contributed by atoms with E-state index in [1.54, 1.807) is 4.68 Å². The molecule has 1 N–H and O–H groups in total. The molecule has 0 bridgehead atoms. The number of aryl methyl sites for hydroxylation is 1. The summed E-state index contributed by atoms with van der Waals surface area (Å²) in [6.45, 7) is 3.80. The normalized spacial score (nSPS) is 21.2. The molecule has 1 aromatic heterocycles. The van der Waals surface area contributed by atoms with Crippen LogP contribution in [-0.4, -0.2) is 46.5 Å². The number of hydrogen-bond donors (Lipinski definition) is 1. The van der Waals surface area contributed by atoms with Gasteiger partial charge in [-0.1, -0.05) is 0 Å². The summed E-state index contributed by atoms with van der Waals surface area (Å²) in [4.78, 5) is 10.5. The summed E-state index contributed by atoms with van der Waals surface area (Å²) in [7, 11) is -2.94. The van der Waals surface area contributed by atoms with Crippen LogP contribution in [0.2, 0.25) is 0 Å². The van der Waals surface area contributed by atoms with Crippen LogP contribution in [0.4, 0.5) is 0 Å². The Hall–Kier alpha value is -1.02. The summed E-state index contributed by atoms with van der Waals surface area (Å²) in [5.41, 5.74) is 2.81. The molecule has 1 aliphatic heterocycles. The fourth-order valence-corrected chi connectivity index (χ4v) is 5.06. The highest BCUT2D eigenvalue weighted by Gasteiger charge is 2.31. The molecule has 2 heterocycles. The van der Waals surface area contributed by atoms with Crippen molar-refractivity contribution >= 4 is 27.6 Å². The first-order valence-electron chi connectivity index (χ1n) is 6.34. The first-order valence-corrected chi connectivity index (χ1v) is 9.32. The standard InChI is InChI=1S/C12H18N2O4S2/c1-8-11(5-19-6-12(15)16)9(2)14(13-8)10-3-4-20(17,18)7-10/h10H,3-7H2,1-2H3,(H,15,16). The number of aromatic nitrogens is 2. The molecule has 8 heteroatoms. The summed E-state index contributed by atoms with van der Waals surface area (Å²) in [6.07, 6.45) is 0.603. The van der Waals surface area contributed by atoms with Gasteiger partial charge >= 0.3 is 5.97 Å². The minimum Gasteiger partial charge on any atom is -0.481 e. The summed E-state index contributed by atoms with van der Waals surface area (Å²) in [5.74, 6) is 0.181. The van der Waals surface area contributed by atoms with Crippen molar-refractivity contribution in [2.24, 2.45) is 0 Å². The van der Waals surface area contributed by atoms with E-state index in [9.17, 15) is 13.2 Å². The maximum atomic E-state index is 11.6. The molecule has 1 unspecified atom stereocenters. The van der Waals surface area contributed by atoms with Crippen molar-refractivity contribution in [1.82, 2.24) is 9.78 Å². The third-order valence-corrected chi connectivity index (χ3v) is 6.20. The Kier molecular flexibility index (Phi) is 4.43. The molecule has 112 valence electrons. The number of rotatable bonds is 5. The molecule has 20 heavy (non-hydrogen) atoms. The molecule has 0 aliphatic carbocycles. The van der Waals surface area contributed by atoms with Gasteiger partial charge in [-0.2, -0.15) is 5.10 Å². The molecule has 1 aliphatic rings. The van der Waals surface area contributed by atoms with Gasteiger partial charge in [-0.05, 0) is 20.3 Å². The van der Waals surface area contributed by atoms with Crippen LogP contribution in [0.5, 0.6) is 0 Å². The van der Waals surface area contributed by atoms with Crippen molar-refractivity contribution < 1.29 is 18.3 Å². The van der Waals surface area contributed by atoms with Gasteiger partial charge < -0.3 is 5.11 Å². The van der Waals surface area contributed by atoms with Crippen molar-refractivity contribution in [2.75, 3.05) is 17.3 Å². The Morgan fingerprint density at radius 1 is 1.50 bits per heavy atom. The average Bonchev–Trinajstić information content (AvgIpc) is 2.82. The van der Waals surface area contributed by atoms with E-state index in [1.165, 1.54) is 11.8 Å². The van der Waals surface area contributed by atoms with Crippen molar-refractivity contribution in [3.63, 3.8) is 0 Å². The minimum absolute atomic E-state index is 0.0574. The molecule has 1 atom stereocenters. The maximum absolute atomic E-state index is 11.6. The van der Waals surface area contributed by atoms with Gasteiger partial charge in [-0.25, -0.2) is 8.42 Å². The highest BCUT2D eigenvalue weighted by Crippen LogP contribution is 2.28. The number of nitrogens with zero attached hydrogens (tertiary/aromatic N) is 2. The lowest BCUT2D eigenvalue weighted by molar-refractivity contribution is -0.133. The lowest BCUT2D eigenvalue weighted by Gasteiger charge is -2.11. The second-order valence-electron chi connectivity index (χ2n) is 5.04. The number of carboxylic acids is 1. The minimum atomic E-state index is -2.94. The van der Waals surface area contributed by atoms with Gasteiger partial charge in [-0.3, -0.25) is 9.48 Å². The molecular formula is C12H18N2O4S2. The van der Waals surface area contributed by atoms with Crippen LogP contribution in [0.15, 0.2) is 0 Å². The third kappa shape index (κ3) is 3.35. The van der Waals surface area contributed by atoms with Crippen molar-refractivity contribution in [3.8, 4) is 0 Å². The fourth-order valence-electron chi connectivity index (χ4n) is 2.47. The van der Waals surface area contributed by atoms with E-state index >= 15 is 0 Å². The van der Waals surface area contributed by atoms with Crippen LogP contribution in [0.25, 0.3) is 0 Å². The largest absolute Gasteiger partial charge is 0.481 e. The monoisotopic (exact) mass is 318 g/mol. The quantitative estimate of drug-likeness (QED) is 0.877. The van der Waals surface area contributed by atoms with Crippen LogP contribution in [0, 0.1) is 13.8 Å². The Morgan fingerprint density at radius 3 is 2.75 bits per heavy atom. The van der Waals surface area contributed by atoms with E-state index in [4.69, 9.17) is 5.11 Å². The van der Waals surface area contributed by atoms with Crippen LogP contribution >= 0.6 is 11.8 Å². The van der Waals surface area contributed by atoms with Crippen molar-refractivity contribution in [2.45, 2.75) is 32.1 Å². The van der Waals surface area contributed by atoms with Crippen LogP contribution in [-0.2, 0) is 20.4 Å². The van der Waals surface area contributed by atoms with Gasteiger partial charge in [0.05, 0.1) is 29.0 Å². The molecule has 1 saturated heterocycles. The van der Waals surface area contributed by atoms with Crippen molar-refractivity contribution in [3.05, 3.63) is 17.0 Å². The predicted octanol–water partition coefficient (Wildman–Crippen LogP) is 1.18. The van der Waals surface area contributed by atoms with Gasteiger partial charge in [-0.15, -0.1) is 11.8 Å². The Balaban J connectivity index is 2.14. The second-order valence-corrected chi connectivity index (χ2v) is 8.25. The van der Waals surface area contributed by atoms with Crippen LogP contribution < -0.4 is 0 Å². The zero-order valence-corrected chi connectivity index (χ0v) is 13.1. The number of carboxylic acid groups (broad SMARTS) is 1. The molecular weight excluding hydrogens is 300 g/mol.